The summed E-state index contributed by atoms with van der Waals surface area (Å²) in [5.74, 6) is -0.899. The molecule has 0 saturated heterocycles. The van der Waals surface area contributed by atoms with Gasteiger partial charge in [-0.05, 0) is 50.0 Å². The number of hydrogen-bond donors (Lipinski definition) is 2. The number of thioether (sulfide) groups is 1. The predicted octanol–water partition coefficient (Wildman–Crippen LogP) is 3.75. The van der Waals surface area contributed by atoms with Crippen molar-refractivity contribution in [1.29, 1.82) is 0 Å². The van der Waals surface area contributed by atoms with Crippen molar-refractivity contribution in [1.82, 2.24) is 10.6 Å². The van der Waals surface area contributed by atoms with Crippen molar-refractivity contribution < 1.29 is 19.1 Å². The van der Waals surface area contributed by atoms with Gasteiger partial charge in [0.25, 0.3) is 11.8 Å². The second kappa shape index (κ2) is 12.4. The van der Waals surface area contributed by atoms with Gasteiger partial charge in [0.1, 0.15) is 6.04 Å². The molecule has 166 valence electrons. The Labute approximate surface area is 192 Å². The van der Waals surface area contributed by atoms with Crippen LogP contribution in [0.25, 0.3) is 0 Å². The van der Waals surface area contributed by atoms with Crippen LogP contribution in [0.4, 0.5) is 0 Å². The second-order valence-electron chi connectivity index (χ2n) is 7.07. The number of halogens is 1. The number of carbonyl (C=O) groups excluding carboxylic acids is 3. The molecule has 2 aromatic carbocycles. The smallest absolute Gasteiger partial charge is 0.329 e. The zero-order valence-corrected chi connectivity index (χ0v) is 19.4. The SMILES string of the molecule is CSCCC(NC(=O)c1ccccc1Cl)C(=O)OC(C)C(=O)NCc1ccc(C)cc1. The zero-order valence-electron chi connectivity index (χ0n) is 17.8. The Balaban J connectivity index is 1.95. The van der Waals surface area contributed by atoms with Gasteiger partial charge >= 0.3 is 5.97 Å². The van der Waals surface area contributed by atoms with Crippen molar-refractivity contribution in [2.75, 3.05) is 12.0 Å². The number of amides is 2. The molecule has 0 radical (unpaired) electrons. The summed E-state index contributed by atoms with van der Waals surface area (Å²) in [6.45, 7) is 3.83. The van der Waals surface area contributed by atoms with Crippen molar-refractivity contribution in [3.63, 3.8) is 0 Å². The Hall–Kier alpha value is -2.51. The van der Waals surface area contributed by atoms with E-state index in [1.54, 1.807) is 36.0 Å². The molecule has 2 rings (SSSR count). The molecule has 2 N–H and O–H groups in total. The summed E-state index contributed by atoms with van der Waals surface area (Å²) >= 11 is 7.61. The number of hydrogen-bond acceptors (Lipinski definition) is 5. The van der Waals surface area contributed by atoms with Crippen LogP contribution in [0.5, 0.6) is 0 Å². The third kappa shape index (κ3) is 7.92. The van der Waals surface area contributed by atoms with E-state index in [2.05, 4.69) is 10.6 Å². The van der Waals surface area contributed by atoms with E-state index in [9.17, 15) is 14.4 Å². The van der Waals surface area contributed by atoms with E-state index in [0.29, 0.717) is 23.7 Å². The number of ether oxygens (including phenoxy) is 1. The lowest BCUT2D eigenvalue weighted by molar-refractivity contribution is -0.156. The summed E-state index contributed by atoms with van der Waals surface area (Å²) in [4.78, 5) is 37.6. The van der Waals surface area contributed by atoms with E-state index in [-0.39, 0.29) is 5.56 Å². The Kier molecular flexibility index (Phi) is 9.88. The maximum absolute atomic E-state index is 12.7. The van der Waals surface area contributed by atoms with Gasteiger partial charge in [-0.1, -0.05) is 53.6 Å². The van der Waals surface area contributed by atoms with Crippen molar-refractivity contribution in [3.8, 4) is 0 Å². The minimum Gasteiger partial charge on any atom is -0.451 e. The first-order valence-electron chi connectivity index (χ1n) is 9.90. The summed E-state index contributed by atoms with van der Waals surface area (Å²) in [5, 5.41) is 5.72. The largest absolute Gasteiger partial charge is 0.451 e. The number of carbonyl (C=O) groups is 3. The van der Waals surface area contributed by atoms with Crippen LogP contribution in [-0.2, 0) is 20.9 Å². The molecule has 2 amide bonds. The fourth-order valence-corrected chi connectivity index (χ4v) is 3.41. The summed E-state index contributed by atoms with van der Waals surface area (Å²) in [6.07, 6.45) is 1.28. The first-order valence-corrected chi connectivity index (χ1v) is 11.7. The first kappa shape index (κ1) is 24.8. The number of esters is 1. The lowest BCUT2D eigenvalue weighted by atomic mass is 10.1. The van der Waals surface area contributed by atoms with Crippen LogP contribution in [0.3, 0.4) is 0 Å². The highest BCUT2D eigenvalue weighted by molar-refractivity contribution is 7.98. The molecule has 0 aliphatic carbocycles. The molecule has 0 aromatic heterocycles. The van der Waals surface area contributed by atoms with Gasteiger partial charge in [-0.3, -0.25) is 9.59 Å². The van der Waals surface area contributed by atoms with Gasteiger partial charge in [0, 0.05) is 6.54 Å². The maximum atomic E-state index is 12.7. The Morgan fingerprint density at radius 3 is 2.42 bits per heavy atom. The summed E-state index contributed by atoms with van der Waals surface area (Å²) in [7, 11) is 0. The molecule has 0 heterocycles. The standard InChI is InChI=1S/C23H27ClN2O4S/c1-15-8-10-17(11-9-15)14-25-21(27)16(2)30-23(29)20(12-13-31-3)26-22(28)18-6-4-5-7-19(18)24/h4-11,16,20H,12-14H2,1-3H3,(H,25,27)(H,26,28). The summed E-state index contributed by atoms with van der Waals surface area (Å²) in [5.41, 5.74) is 2.35. The molecule has 0 spiro atoms. The number of nitrogens with one attached hydrogen (secondary N) is 2. The van der Waals surface area contributed by atoms with Crippen LogP contribution >= 0.6 is 23.4 Å². The molecule has 31 heavy (non-hydrogen) atoms. The molecule has 0 bridgehead atoms. The number of aryl methyl sites for hydroxylation is 1. The van der Waals surface area contributed by atoms with Gasteiger partial charge in [-0.2, -0.15) is 11.8 Å². The van der Waals surface area contributed by atoms with Crippen LogP contribution in [0.2, 0.25) is 5.02 Å². The Bertz CT molecular complexity index is 905. The van der Waals surface area contributed by atoms with E-state index in [4.69, 9.17) is 16.3 Å². The third-order valence-corrected chi connectivity index (χ3v) is 5.54. The van der Waals surface area contributed by atoms with Gasteiger partial charge in [0.05, 0.1) is 10.6 Å². The Morgan fingerprint density at radius 1 is 1.10 bits per heavy atom. The van der Waals surface area contributed by atoms with Crippen molar-refractivity contribution >= 4 is 41.1 Å². The summed E-state index contributed by atoms with van der Waals surface area (Å²) < 4.78 is 5.34. The molecule has 8 heteroatoms. The van der Waals surface area contributed by atoms with E-state index < -0.39 is 29.9 Å². The Morgan fingerprint density at radius 2 is 1.77 bits per heavy atom. The minimum absolute atomic E-state index is 0.273. The molecular formula is C23H27ClN2O4S. The lowest BCUT2D eigenvalue weighted by Gasteiger charge is -2.20. The highest BCUT2D eigenvalue weighted by Crippen LogP contribution is 2.15. The van der Waals surface area contributed by atoms with Gasteiger partial charge in [0.15, 0.2) is 6.10 Å². The molecule has 6 nitrogen and oxygen atoms in total. The molecule has 0 saturated carbocycles. The average molecular weight is 463 g/mol. The molecule has 0 fully saturated rings. The van der Waals surface area contributed by atoms with Gasteiger partial charge in [-0.15, -0.1) is 0 Å². The van der Waals surface area contributed by atoms with Gasteiger partial charge in [-0.25, -0.2) is 4.79 Å². The minimum atomic E-state index is -0.994. The molecule has 2 atom stereocenters. The predicted molar refractivity (Wildman–Crippen MR) is 124 cm³/mol. The number of rotatable bonds is 10. The molecular weight excluding hydrogens is 436 g/mol. The van der Waals surface area contributed by atoms with Crippen LogP contribution in [-0.4, -0.2) is 41.9 Å². The van der Waals surface area contributed by atoms with Gasteiger partial charge in [0.2, 0.25) is 0 Å². The third-order valence-electron chi connectivity index (χ3n) is 4.57. The van der Waals surface area contributed by atoms with Crippen LogP contribution in [0, 0.1) is 6.92 Å². The van der Waals surface area contributed by atoms with E-state index in [1.807, 2.05) is 37.4 Å². The van der Waals surface area contributed by atoms with Crippen LogP contribution < -0.4 is 10.6 Å². The fourth-order valence-electron chi connectivity index (χ4n) is 2.71. The van der Waals surface area contributed by atoms with Crippen LogP contribution in [0.15, 0.2) is 48.5 Å². The lowest BCUT2D eigenvalue weighted by Crippen LogP contribution is -2.45. The highest BCUT2D eigenvalue weighted by Gasteiger charge is 2.27. The molecule has 0 aliphatic rings. The van der Waals surface area contributed by atoms with Crippen molar-refractivity contribution in [2.24, 2.45) is 0 Å². The fraction of sp³-hybridized carbons (Fsp3) is 0.348. The average Bonchev–Trinajstić information content (AvgIpc) is 2.75. The van der Waals surface area contributed by atoms with E-state index >= 15 is 0 Å². The van der Waals surface area contributed by atoms with E-state index in [1.165, 1.54) is 6.92 Å². The normalized spacial score (nSPS) is 12.5. The van der Waals surface area contributed by atoms with Gasteiger partial charge < -0.3 is 15.4 Å². The molecule has 0 aliphatic heterocycles. The second-order valence-corrected chi connectivity index (χ2v) is 8.46. The topological polar surface area (TPSA) is 84.5 Å². The first-order chi connectivity index (χ1) is 14.8. The highest BCUT2D eigenvalue weighted by atomic mass is 35.5. The maximum Gasteiger partial charge on any atom is 0.329 e. The van der Waals surface area contributed by atoms with E-state index in [0.717, 1.165) is 11.1 Å². The monoisotopic (exact) mass is 462 g/mol. The molecule has 2 aromatic rings. The summed E-state index contributed by atoms with van der Waals surface area (Å²) in [6, 6.07) is 13.5. The van der Waals surface area contributed by atoms with Crippen molar-refractivity contribution in [2.45, 2.75) is 39.0 Å². The quantitative estimate of drug-likeness (QED) is 0.525. The number of benzene rings is 2. The van der Waals surface area contributed by atoms with Crippen molar-refractivity contribution in [3.05, 3.63) is 70.2 Å². The molecule has 2 unspecified atom stereocenters. The zero-order chi connectivity index (χ0) is 22.8. The van der Waals surface area contributed by atoms with Crippen LogP contribution in [0.1, 0.15) is 34.8 Å².